The van der Waals surface area contributed by atoms with Gasteiger partial charge in [0.05, 0.1) is 0 Å². The molecule has 0 aliphatic heterocycles. The molecule has 0 aliphatic carbocycles. The van der Waals surface area contributed by atoms with E-state index in [4.69, 9.17) is 0 Å². The topological polar surface area (TPSA) is 46.1 Å². The molecule has 2 rings (SSSR count). The number of anilines is 1. The molecule has 0 aliphatic rings. The third kappa shape index (κ3) is 3.71. The Hall–Kier alpha value is -2.07. The summed E-state index contributed by atoms with van der Waals surface area (Å²) >= 11 is 0. The molecule has 1 amide bonds. The molecule has 4 nitrogen and oxygen atoms in total. The maximum Gasteiger partial charge on any atom is 0.244 e. The number of nitrogens with zero attached hydrogens (tertiary/aromatic N) is 1. The first-order chi connectivity index (χ1) is 9.70. The van der Waals surface area contributed by atoms with Crippen molar-refractivity contribution in [1.82, 2.24) is 9.88 Å². The van der Waals surface area contributed by atoms with Crippen LogP contribution in [0.25, 0.3) is 0 Å². The molecule has 20 heavy (non-hydrogen) atoms. The van der Waals surface area contributed by atoms with Crippen molar-refractivity contribution >= 4 is 11.6 Å². The number of carbonyl (C=O) groups is 1. The molecule has 0 spiro atoms. The van der Waals surface area contributed by atoms with Gasteiger partial charge < -0.3 is 15.2 Å². The summed E-state index contributed by atoms with van der Waals surface area (Å²) in [5.74, 6) is -0.00625. The molecule has 106 valence electrons. The van der Waals surface area contributed by atoms with Crippen LogP contribution >= 0.6 is 0 Å². The molecule has 1 aromatic heterocycles. The van der Waals surface area contributed by atoms with E-state index >= 15 is 0 Å². The fourth-order valence-corrected chi connectivity index (χ4v) is 2.07. The van der Waals surface area contributed by atoms with Crippen molar-refractivity contribution in [3.8, 4) is 0 Å². The van der Waals surface area contributed by atoms with Crippen LogP contribution in [0.4, 0.5) is 5.69 Å². The van der Waals surface area contributed by atoms with E-state index in [-0.39, 0.29) is 5.91 Å². The Balaban J connectivity index is 1.98. The van der Waals surface area contributed by atoms with Gasteiger partial charge in [0.15, 0.2) is 0 Å². The molecule has 4 heteroatoms. The fraction of sp³-hybridized carbons (Fsp3) is 0.312. The fourth-order valence-electron chi connectivity index (χ4n) is 2.07. The first-order valence-corrected chi connectivity index (χ1v) is 6.91. The van der Waals surface area contributed by atoms with Crippen molar-refractivity contribution in [2.45, 2.75) is 26.9 Å². The van der Waals surface area contributed by atoms with E-state index in [0.29, 0.717) is 6.54 Å². The number of aryl methyl sites for hydroxylation is 1. The maximum atomic E-state index is 12.1. The summed E-state index contributed by atoms with van der Waals surface area (Å²) in [5, 5.41) is 6.22. The van der Waals surface area contributed by atoms with E-state index in [1.165, 1.54) is 0 Å². The number of hydrogen-bond donors (Lipinski definition) is 2. The number of hydrogen-bond acceptors (Lipinski definition) is 2. The minimum atomic E-state index is -0.00625. The minimum Gasteiger partial charge on any atom is -0.341 e. The number of para-hydroxylation sites is 1. The second-order valence-electron chi connectivity index (χ2n) is 4.77. The molecule has 0 unspecified atom stereocenters. The highest BCUT2D eigenvalue weighted by Crippen LogP contribution is 2.13. The number of aromatic nitrogens is 1. The van der Waals surface area contributed by atoms with Crippen molar-refractivity contribution < 1.29 is 4.79 Å². The summed E-state index contributed by atoms with van der Waals surface area (Å²) < 4.78 is 1.97. The average molecular weight is 271 g/mol. The Morgan fingerprint density at radius 3 is 2.75 bits per heavy atom. The van der Waals surface area contributed by atoms with E-state index in [1.54, 1.807) is 0 Å². The predicted octanol–water partition coefficient (Wildman–Crippen LogP) is 2.54. The van der Waals surface area contributed by atoms with E-state index in [1.807, 2.05) is 54.1 Å². The zero-order chi connectivity index (χ0) is 14.4. The van der Waals surface area contributed by atoms with E-state index in [9.17, 15) is 4.79 Å². The van der Waals surface area contributed by atoms with Crippen LogP contribution in [0.3, 0.4) is 0 Å². The molecule has 2 N–H and O–H groups in total. The Kier molecular flexibility index (Phi) is 4.96. The number of benzene rings is 1. The number of nitrogens with one attached hydrogen (secondary N) is 2. The highest BCUT2D eigenvalue weighted by Gasteiger charge is 2.07. The Morgan fingerprint density at radius 2 is 2.00 bits per heavy atom. The van der Waals surface area contributed by atoms with Gasteiger partial charge in [0.2, 0.25) is 5.91 Å². The first-order valence-electron chi connectivity index (χ1n) is 6.91. The van der Waals surface area contributed by atoms with Gasteiger partial charge in [-0.3, -0.25) is 4.79 Å². The average Bonchev–Trinajstić information content (AvgIpc) is 2.86. The highest BCUT2D eigenvalue weighted by atomic mass is 16.1. The van der Waals surface area contributed by atoms with E-state index in [2.05, 4.69) is 17.6 Å². The zero-order valence-electron chi connectivity index (χ0n) is 12.0. The lowest BCUT2D eigenvalue weighted by atomic mass is 10.2. The molecule has 0 bridgehead atoms. The van der Waals surface area contributed by atoms with Gasteiger partial charge in [0.1, 0.15) is 6.54 Å². The van der Waals surface area contributed by atoms with Gasteiger partial charge in [-0.25, -0.2) is 0 Å². The lowest BCUT2D eigenvalue weighted by Gasteiger charge is -2.11. The van der Waals surface area contributed by atoms with Gasteiger partial charge >= 0.3 is 0 Å². The van der Waals surface area contributed by atoms with Crippen molar-refractivity contribution in [1.29, 1.82) is 0 Å². The molecule has 1 heterocycles. The third-order valence-corrected chi connectivity index (χ3v) is 3.21. The molecule has 0 saturated carbocycles. The molecule has 0 fully saturated rings. The van der Waals surface area contributed by atoms with Crippen LogP contribution in [-0.2, 0) is 17.9 Å². The molecule has 0 saturated heterocycles. The number of carbonyl (C=O) groups excluding carboxylic acids is 1. The normalized spacial score (nSPS) is 10.5. The summed E-state index contributed by atoms with van der Waals surface area (Å²) in [7, 11) is 0. The predicted molar refractivity (Wildman–Crippen MR) is 81.6 cm³/mol. The summed E-state index contributed by atoms with van der Waals surface area (Å²) in [5.41, 5.74) is 3.06. The molecule has 2 aromatic rings. The van der Waals surface area contributed by atoms with E-state index < -0.39 is 0 Å². The number of rotatable bonds is 6. The Bertz CT molecular complexity index is 575. The summed E-state index contributed by atoms with van der Waals surface area (Å²) in [6.07, 6.45) is 1.93. The second kappa shape index (κ2) is 6.91. The van der Waals surface area contributed by atoms with Crippen LogP contribution in [0.2, 0.25) is 0 Å². The Morgan fingerprint density at radius 1 is 1.20 bits per heavy atom. The quantitative estimate of drug-likeness (QED) is 0.848. The summed E-state index contributed by atoms with van der Waals surface area (Å²) in [4.78, 5) is 12.1. The van der Waals surface area contributed by atoms with Crippen LogP contribution in [0.15, 0.2) is 42.6 Å². The van der Waals surface area contributed by atoms with Crippen molar-refractivity contribution in [2.24, 2.45) is 0 Å². The first kappa shape index (κ1) is 14.3. The van der Waals surface area contributed by atoms with E-state index in [0.717, 1.165) is 30.0 Å². The van der Waals surface area contributed by atoms with Crippen molar-refractivity contribution in [3.63, 3.8) is 0 Å². The molecular weight excluding hydrogens is 250 g/mol. The maximum absolute atomic E-state index is 12.1. The largest absolute Gasteiger partial charge is 0.341 e. The van der Waals surface area contributed by atoms with Gasteiger partial charge in [-0.15, -0.1) is 0 Å². The van der Waals surface area contributed by atoms with Gasteiger partial charge in [0, 0.05) is 24.1 Å². The monoisotopic (exact) mass is 271 g/mol. The van der Waals surface area contributed by atoms with Crippen molar-refractivity contribution in [3.05, 3.63) is 53.9 Å². The lowest BCUT2D eigenvalue weighted by Crippen LogP contribution is -2.22. The van der Waals surface area contributed by atoms with Gasteiger partial charge in [-0.1, -0.05) is 25.1 Å². The molecular formula is C16H21N3O. The zero-order valence-corrected chi connectivity index (χ0v) is 12.0. The molecule has 0 radical (unpaired) electrons. The summed E-state index contributed by atoms with van der Waals surface area (Å²) in [6, 6.07) is 11.8. The lowest BCUT2D eigenvalue weighted by molar-refractivity contribution is -0.116. The van der Waals surface area contributed by atoms with Crippen LogP contribution in [0, 0.1) is 6.92 Å². The van der Waals surface area contributed by atoms with Crippen molar-refractivity contribution in [2.75, 3.05) is 11.9 Å². The Labute approximate surface area is 119 Å². The minimum absolute atomic E-state index is 0.00625. The third-order valence-electron chi connectivity index (χ3n) is 3.21. The molecule has 1 aromatic carbocycles. The van der Waals surface area contributed by atoms with Gasteiger partial charge in [-0.05, 0) is 37.2 Å². The van der Waals surface area contributed by atoms with Gasteiger partial charge in [0.25, 0.3) is 0 Å². The second-order valence-corrected chi connectivity index (χ2v) is 4.77. The van der Waals surface area contributed by atoms with Crippen LogP contribution in [0.1, 0.15) is 18.2 Å². The van der Waals surface area contributed by atoms with Gasteiger partial charge in [-0.2, -0.15) is 0 Å². The van der Waals surface area contributed by atoms with Crippen LogP contribution < -0.4 is 10.6 Å². The van der Waals surface area contributed by atoms with Crippen LogP contribution in [-0.4, -0.2) is 17.0 Å². The highest BCUT2D eigenvalue weighted by molar-refractivity contribution is 5.91. The summed E-state index contributed by atoms with van der Waals surface area (Å²) in [6.45, 7) is 6.09. The van der Waals surface area contributed by atoms with Crippen LogP contribution in [0.5, 0.6) is 0 Å². The smallest absolute Gasteiger partial charge is 0.244 e. The standard InChI is InChI=1S/C16H21N3O/c1-3-17-11-14-8-6-10-19(14)12-16(20)18-15-9-5-4-7-13(15)2/h4-10,17H,3,11-12H2,1-2H3,(H,18,20). The SMILES string of the molecule is CCNCc1cccn1CC(=O)Nc1ccccc1C. The number of amides is 1. The molecule has 0 atom stereocenters.